The van der Waals surface area contributed by atoms with Crippen LogP contribution >= 0.6 is 11.3 Å². The monoisotopic (exact) mass is 482 g/mol. The van der Waals surface area contributed by atoms with Gasteiger partial charge in [0, 0.05) is 36.9 Å². The molecule has 180 valence electrons. The molecule has 0 atom stereocenters. The van der Waals surface area contributed by atoms with Crippen molar-refractivity contribution in [3.8, 4) is 11.5 Å². The van der Waals surface area contributed by atoms with Gasteiger partial charge < -0.3 is 19.5 Å². The van der Waals surface area contributed by atoms with Gasteiger partial charge in [-0.2, -0.15) is 0 Å². The van der Waals surface area contributed by atoms with Gasteiger partial charge in [0.05, 0.1) is 28.8 Å². The van der Waals surface area contributed by atoms with E-state index in [0.717, 1.165) is 32.9 Å². The molecule has 0 bridgehead atoms. The molecule has 34 heavy (non-hydrogen) atoms. The van der Waals surface area contributed by atoms with Crippen LogP contribution in [0.3, 0.4) is 0 Å². The number of rotatable bonds is 11. The Bertz CT molecular complexity index is 1180. The predicted molar refractivity (Wildman–Crippen MR) is 132 cm³/mol. The third-order valence-corrected chi connectivity index (χ3v) is 7.42. The molecular formula is C26H30N2O5S. The van der Waals surface area contributed by atoms with Crippen molar-refractivity contribution in [3.63, 3.8) is 0 Å². The Morgan fingerprint density at radius 2 is 1.85 bits per heavy atom. The first-order chi connectivity index (χ1) is 16.3. The number of aliphatic carboxylic acids is 1. The van der Waals surface area contributed by atoms with Crippen molar-refractivity contribution < 1.29 is 24.2 Å². The Morgan fingerprint density at radius 1 is 1.15 bits per heavy atom. The van der Waals surface area contributed by atoms with E-state index in [1.165, 1.54) is 11.3 Å². The number of hydrogen-bond donors (Lipinski definition) is 1. The maximum Gasteiger partial charge on any atom is 0.304 e. The largest absolute Gasteiger partial charge is 0.493 e. The number of nitrogens with zero attached hydrogens (tertiary/aromatic N) is 2. The van der Waals surface area contributed by atoms with Gasteiger partial charge in [-0.15, -0.1) is 11.3 Å². The zero-order valence-corrected chi connectivity index (χ0v) is 20.6. The molecule has 0 unspecified atom stereocenters. The van der Waals surface area contributed by atoms with Crippen molar-refractivity contribution in [2.45, 2.75) is 32.1 Å². The van der Waals surface area contributed by atoms with Crippen molar-refractivity contribution in [2.24, 2.45) is 5.41 Å². The number of carbonyl (C=O) groups excluding carboxylic acids is 1. The van der Waals surface area contributed by atoms with Gasteiger partial charge in [0.2, 0.25) is 0 Å². The number of ketones is 1. The molecule has 3 aromatic rings. The molecule has 0 amide bonds. The van der Waals surface area contributed by atoms with Crippen molar-refractivity contribution in [1.82, 2.24) is 9.88 Å². The molecule has 4 rings (SSSR count). The minimum absolute atomic E-state index is 0.00403. The van der Waals surface area contributed by atoms with Crippen LogP contribution in [-0.2, 0) is 28.9 Å². The average Bonchev–Trinajstić information content (AvgIpc) is 3.36. The van der Waals surface area contributed by atoms with Crippen LogP contribution in [0.1, 0.15) is 29.0 Å². The first-order valence-corrected chi connectivity index (χ1v) is 12.2. The molecule has 0 radical (unpaired) electrons. The summed E-state index contributed by atoms with van der Waals surface area (Å²) in [4.78, 5) is 31.7. The van der Waals surface area contributed by atoms with Crippen LogP contribution in [0.5, 0.6) is 11.5 Å². The molecule has 0 saturated carbocycles. The third-order valence-electron chi connectivity index (χ3n) is 6.34. The summed E-state index contributed by atoms with van der Waals surface area (Å²) in [5, 5.41) is 10.4. The molecule has 1 aromatic heterocycles. The molecule has 7 nitrogen and oxygen atoms in total. The van der Waals surface area contributed by atoms with Crippen molar-refractivity contribution >= 4 is 33.3 Å². The molecule has 0 fully saturated rings. The van der Waals surface area contributed by atoms with E-state index in [1.807, 2.05) is 55.4 Å². The summed E-state index contributed by atoms with van der Waals surface area (Å²) in [7, 11) is 5.59. The van der Waals surface area contributed by atoms with Crippen molar-refractivity contribution in [3.05, 3.63) is 52.5 Å². The number of aryl methyl sites for hydroxylation is 1. The molecule has 8 heteroatoms. The van der Waals surface area contributed by atoms with Crippen molar-refractivity contribution in [1.29, 1.82) is 0 Å². The topological polar surface area (TPSA) is 89.0 Å². The minimum Gasteiger partial charge on any atom is -0.493 e. The van der Waals surface area contributed by atoms with E-state index in [2.05, 4.69) is 0 Å². The van der Waals surface area contributed by atoms with E-state index in [4.69, 9.17) is 14.5 Å². The van der Waals surface area contributed by atoms with Crippen LogP contribution in [0.4, 0.5) is 0 Å². The van der Waals surface area contributed by atoms with E-state index >= 15 is 0 Å². The number of carbonyl (C=O) groups is 2. The zero-order valence-electron chi connectivity index (χ0n) is 19.8. The number of aromatic nitrogens is 1. The Hall–Kier alpha value is -2.97. The van der Waals surface area contributed by atoms with Gasteiger partial charge in [-0.05, 0) is 38.1 Å². The lowest BCUT2D eigenvalue weighted by Gasteiger charge is -2.25. The van der Waals surface area contributed by atoms with Gasteiger partial charge in [0.1, 0.15) is 12.4 Å². The molecule has 2 aromatic carbocycles. The summed E-state index contributed by atoms with van der Waals surface area (Å²) in [6.45, 7) is 1.32. The normalized spacial score (nSPS) is 14.4. The lowest BCUT2D eigenvalue weighted by molar-refractivity contribution is -0.144. The number of hydrogen-bond acceptors (Lipinski definition) is 7. The Morgan fingerprint density at radius 3 is 2.47 bits per heavy atom. The summed E-state index contributed by atoms with van der Waals surface area (Å²) in [5.41, 5.74) is 2.08. The van der Waals surface area contributed by atoms with Gasteiger partial charge in [-0.3, -0.25) is 9.59 Å². The fourth-order valence-corrected chi connectivity index (χ4v) is 5.57. The SMILES string of the molecule is COc1cc2sc(CCC(=O)C3(CC(=O)O)Cc4ccccc4C3)nc2cc1OCCN(C)C. The Balaban J connectivity index is 1.48. The van der Waals surface area contributed by atoms with E-state index in [1.54, 1.807) is 7.11 Å². The maximum atomic E-state index is 13.4. The second-order valence-electron chi connectivity index (χ2n) is 9.13. The molecule has 1 N–H and O–H groups in total. The molecule has 1 heterocycles. The summed E-state index contributed by atoms with van der Waals surface area (Å²) in [6, 6.07) is 11.7. The number of thiazole rings is 1. The van der Waals surface area contributed by atoms with E-state index < -0.39 is 11.4 Å². The maximum absolute atomic E-state index is 13.4. The van der Waals surface area contributed by atoms with E-state index in [0.29, 0.717) is 37.4 Å². The van der Waals surface area contributed by atoms with Gasteiger partial charge in [0.25, 0.3) is 0 Å². The Labute approximate surface area is 203 Å². The first-order valence-electron chi connectivity index (χ1n) is 11.4. The average molecular weight is 483 g/mol. The van der Waals surface area contributed by atoms with Crippen LogP contribution in [0.15, 0.2) is 36.4 Å². The van der Waals surface area contributed by atoms with Gasteiger partial charge in [-0.1, -0.05) is 24.3 Å². The number of likely N-dealkylation sites (N-methyl/N-ethyl adjacent to an activating group) is 1. The first kappa shape index (κ1) is 24.2. The van der Waals surface area contributed by atoms with E-state index in [-0.39, 0.29) is 18.6 Å². The zero-order chi connectivity index (χ0) is 24.3. The fourth-order valence-electron chi connectivity index (χ4n) is 4.59. The number of carboxylic acid groups (broad SMARTS) is 1. The summed E-state index contributed by atoms with van der Waals surface area (Å²) >= 11 is 1.53. The van der Waals surface area contributed by atoms with Crippen LogP contribution in [0.25, 0.3) is 10.2 Å². The number of benzene rings is 2. The minimum atomic E-state index is -0.935. The molecule has 0 spiro atoms. The molecule has 1 aliphatic rings. The molecular weight excluding hydrogens is 452 g/mol. The second kappa shape index (κ2) is 10.1. The van der Waals surface area contributed by atoms with Gasteiger partial charge in [-0.25, -0.2) is 4.98 Å². The lowest BCUT2D eigenvalue weighted by atomic mass is 9.76. The summed E-state index contributed by atoms with van der Waals surface area (Å²) < 4.78 is 12.4. The molecule has 0 aliphatic heterocycles. The standard InChI is InChI=1S/C26H30N2O5S/c1-28(2)10-11-33-21-12-19-22(13-20(21)32-3)34-24(27-19)9-8-23(29)26(16-25(30)31)14-17-6-4-5-7-18(17)15-26/h4-7,12-13H,8-11,14-16H2,1-3H3,(H,30,31). The van der Waals surface area contributed by atoms with Crippen LogP contribution < -0.4 is 9.47 Å². The third kappa shape index (κ3) is 5.23. The highest BCUT2D eigenvalue weighted by molar-refractivity contribution is 7.18. The fraction of sp³-hybridized carbons (Fsp3) is 0.423. The van der Waals surface area contributed by atoms with Crippen LogP contribution in [0.2, 0.25) is 0 Å². The number of carboxylic acids is 1. The molecule has 0 saturated heterocycles. The second-order valence-corrected chi connectivity index (χ2v) is 10.2. The summed E-state index contributed by atoms with van der Waals surface area (Å²) in [5.74, 6) is 0.362. The summed E-state index contributed by atoms with van der Waals surface area (Å²) in [6.07, 6.45) is 1.57. The predicted octanol–water partition coefficient (Wildman–Crippen LogP) is 4.01. The number of Topliss-reactive ketones (excluding diaryl/α,β-unsaturated/α-hetero) is 1. The van der Waals surface area contributed by atoms with Crippen molar-refractivity contribution in [2.75, 3.05) is 34.4 Å². The quantitative estimate of drug-likeness (QED) is 0.442. The number of methoxy groups -OCH3 is 1. The number of fused-ring (bicyclic) bond motifs is 2. The highest BCUT2D eigenvalue weighted by Gasteiger charge is 2.44. The molecule has 1 aliphatic carbocycles. The highest BCUT2D eigenvalue weighted by atomic mass is 32.1. The highest BCUT2D eigenvalue weighted by Crippen LogP contribution is 2.42. The van der Waals surface area contributed by atoms with E-state index in [9.17, 15) is 14.7 Å². The van der Waals surface area contributed by atoms with Gasteiger partial charge >= 0.3 is 5.97 Å². The van der Waals surface area contributed by atoms with Crippen LogP contribution in [-0.4, -0.2) is 61.1 Å². The Kier molecular flexibility index (Phi) is 7.19. The number of ether oxygens (including phenoxy) is 2. The van der Waals surface area contributed by atoms with Gasteiger partial charge in [0.15, 0.2) is 11.5 Å². The smallest absolute Gasteiger partial charge is 0.304 e. The van der Waals surface area contributed by atoms with Crippen LogP contribution in [0, 0.1) is 5.41 Å². The lowest BCUT2D eigenvalue weighted by Crippen LogP contribution is -2.35.